The zero-order valence-corrected chi connectivity index (χ0v) is 19.8. The highest BCUT2D eigenvalue weighted by molar-refractivity contribution is 7.89. The number of carbonyl (C=O) groups excluding carboxylic acids is 2. The van der Waals surface area contributed by atoms with Gasteiger partial charge in [0.05, 0.1) is 11.9 Å². The van der Waals surface area contributed by atoms with Gasteiger partial charge in [-0.3, -0.25) is 9.59 Å². The first-order valence-corrected chi connectivity index (χ1v) is 12.6. The van der Waals surface area contributed by atoms with Crippen molar-refractivity contribution in [3.63, 3.8) is 0 Å². The number of sulfonamides is 1. The number of hydrogen-bond acceptors (Lipinski definition) is 5. The summed E-state index contributed by atoms with van der Waals surface area (Å²) < 4.78 is 26.8. The van der Waals surface area contributed by atoms with E-state index in [1.807, 2.05) is 44.2 Å². The van der Waals surface area contributed by atoms with Crippen LogP contribution in [0.2, 0.25) is 0 Å². The van der Waals surface area contributed by atoms with Gasteiger partial charge in [0.25, 0.3) is 0 Å². The SMILES string of the molecule is CCN(CC)C(=O)CN1CN(c2ccccc2)C2(CCN(S(=O)(=O)C(C)C)CC2)C1=O. The van der Waals surface area contributed by atoms with E-state index in [1.165, 1.54) is 4.31 Å². The molecule has 2 aliphatic rings. The van der Waals surface area contributed by atoms with Gasteiger partial charge in [-0.15, -0.1) is 0 Å². The van der Waals surface area contributed by atoms with E-state index in [1.54, 1.807) is 23.6 Å². The highest BCUT2D eigenvalue weighted by Crippen LogP contribution is 2.40. The molecule has 8 nitrogen and oxygen atoms in total. The Labute approximate surface area is 185 Å². The summed E-state index contributed by atoms with van der Waals surface area (Å²) in [5.74, 6) is -0.151. The lowest BCUT2D eigenvalue weighted by atomic mass is 9.86. The molecule has 1 aromatic carbocycles. The summed E-state index contributed by atoms with van der Waals surface area (Å²) >= 11 is 0. The molecule has 2 aliphatic heterocycles. The number of nitrogens with zero attached hydrogens (tertiary/aromatic N) is 4. The number of rotatable bonds is 7. The molecule has 0 atom stereocenters. The Bertz CT molecular complexity index is 891. The second kappa shape index (κ2) is 9.16. The highest BCUT2D eigenvalue weighted by atomic mass is 32.2. The molecule has 9 heteroatoms. The minimum atomic E-state index is -3.37. The highest BCUT2D eigenvalue weighted by Gasteiger charge is 2.55. The van der Waals surface area contributed by atoms with Crippen LogP contribution in [0.15, 0.2) is 30.3 Å². The van der Waals surface area contributed by atoms with Gasteiger partial charge in [-0.1, -0.05) is 18.2 Å². The Morgan fingerprint density at radius 3 is 2.19 bits per heavy atom. The number of hydrogen-bond donors (Lipinski definition) is 0. The van der Waals surface area contributed by atoms with Crippen molar-refractivity contribution in [3.05, 3.63) is 30.3 Å². The Morgan fingerprint density at radius 1 is 1.10 bits per heavy atom. The van der Waals surface area contributed by atoms with Crippen LogP contribution in [0.25, 0.3) is 0 Å². The van der Waals surface area contributed by atoms with Crippen LogP contribution in [-0.2, 0) is 19.6 Å². The molecule has 1 spiro atoms. The van der Waals surface area contributed by atoms with Crippen LogP contribution >= 0.6 is 0 Å². The maximum Gasteiger partial charge on any atom is 0.250 e. The fourth-order valence-corrected chi connectivity index (χ4v) is 5.86. The van der Waals surface area contributed by atoms with Gasteiger partial charge >= 0.3 is 0 Å². The van der Waals surface area contributed by atoms with Crippen molar-refractivity contribution in [1.82, 2.24) is 14.1 Å². The Kier molecular flexibility index (Phi) is 6.95. The van der Waals surface area contributed by atoms with E-state index in [-0.39, 0.29) is 18.4 Å². The number of carbonyl (C=O) groups is 2. The molecule has 0 radical (unpaired) electrons. The zero-order valence-electron chi connectivity index (χ0n) is 19.0. The molecule has 1 aromatic rings. The molecular weight excluding hydrogens is 416 g/mol. The van der Waals surface area contributed by atoms with Crippen LogP contribution in [-0.4, -0.2) is 84.5 Å². The summed E-state index contributed by atoms with van der Waals surface area (Å²) in [4.78, 5) is 31.8. The van der Waals surface area contributed by atoms with Crippen LogP contribution < -0.4 is 4.90 Å². The van der Waals surface area contributed by atoms with Crippen molar-refractivity contribution in [2.24, 2.45) is 0 Å². The predicted octanol–water partition coefficient (Wildman–Crippen LogP) is 1.73. The second-order valence-electron chi connectivity index (χ2n) is 8.50. The largest absolute Gasteiger partial charge is 0.342 e. The number of benzene rings is 1. The van der Waals surface area contributed by atoms with Gasteiger partial charge in [0.2, 0.25) is 21.8 Å². The molecule has 2 heterocycles. The van der Waals surface area contributed by atoms with E-state index in [9.17, 15) is 18.0 Å². The average Bonchev–Trinajstić information content (AvgIpc) is 3.01. The Hall–Kier alpha value is -2.13. The number of piperidine rings is 1. The van der Waals surface area contributed by atoms with Crippen LogP contribution in [0, 0.1) is 0 Å². The van der Waals surface area contributed by atoms with E-state index >= 15 is 0 Å². The molecule has 2 fully saturated rings. The van der Waals surface area contributed by atoms with E-state index in [4.69, 9.17) is 0 Å². The van der Waals surface area contributed by atoms with Crippen molar-refractivity contribution in [3.8, 4) is 0 Å². The first-order chi connectivity index (χ1) is 14.7. The van der Waals surface area contributed by atoms with Crippen LogP contribution in [0.1, 0.15) is 40.5 Å². The molecule has 0 N–H and O–H groups in total. The smallest absolute Gasteiger partial charge is 0.250 e. The van der Waals surface area contributed by atoms with Crippen LogP contribution in [0.4, 0.5) is 5.69 Å². The minimum absolute atomic E-state index is 0.0413. The molecule has 172 valence electrons. The summed E-state index contributed by atoms with van der Waals surface area (Å²) in [5.41, 5.74) is 0.0854. The lowest BCUT2D eigenvalue weighted by Crippen LogP contribution is -2.58. The third kappa shape index (κ3) is 4.30. The molecule has 2 saturated heterocycles. The first kappa shape index (κ1) is 23.5. The summed E-state index contributed by atoms with van der Waals surface area (Å²) in [6.07, 6.45) is 0.811. The maximum atomic E-state index is 13.6. The summed E-state index contributed by atoms with van der Waals surface area (Å²) in [5, 5.41) is -0.491. The van der Waals surface area contributed by atoms with Gasteiger partial charge in [0, 0.05) is 31.9 Å². The van der Waals surface area contributed by atoms with Crippen molar-refractivity contribution in [2.45, 2.75) is 51.3 Å². The van der Waals surface area contributed by atoms with Crippen molar-refractivity contribution >= 4 is 27.5 Å². The summed E-state index contributed by atoms with van der Waals surface area (Å²) in [6, 6.07) is 9.70. The molecule has 31 heavy (non-hydrogen) atoms. The predicted molar refractivity (Wildman–Crippen MR) is 121 cm³/mol. The van der Waals surface area contributed by atoms with E-state index < -0.39 is 20.8 Å². The standard InChI is InChI=1S/C22H34N4O4S/c1-5-23(6-2)20(27)16-24-17-26(19-10-8-7-9-11-19)22(21(24)28)12-14-25(15-13-22)31(29,30)18(3)4/h7-11,18H,5-6,12-17H2,1-4H3. The van der Waals surface area contributed by atoms with Crippen molar-refractivity contribution < 1.29 is 18.0 Å². The third-order valence-corrected chi connectivity index (χ3v) is 8.81. The van der Waals surface area contributed by atoms with E-state index in [0.717, 1.165) is 5.69 Å². The third-order valence-electron chi connectivity index (χ3n) is 6.53. The number of likely N-dealkylation sites (N-methyl/N-ethyl adjacent to an activating group) is 1. The molecule has 2 amide bonds. The van der Waals surface area contributed by atoms with Gasteiger partial charge in [-0.25, -0.2) is 12.7 Å². The lowest BCUT2D eigenvalue weighted by Gasteiger charge is -2.43. The minimum Gasteiger partial charge on any atom is -0.342 e. The molecule has 0 aliphatic carbocycles. The average molecular weight is 451 g/mol. The molecular formula is C22H34N4O4S. The first-order valence-electron chi connectivity index (χ1n) is 11.1. The quantitative estimate of drug-likeness (QED) is 0.632. The molecule has 0 unspecified atom stereocenters. The van der Waals surface area contributed by atoms with Crippen LogP contribution in [0.3, 0.4) is 0 Å². The second-order valence-corrected chi connectivity index (χ2v) is 11.0. The van der Waals surface area contributed by atoms with E-state index in [0.29, 0.717) is 45.7 Å². The fraction of sp³-hybridized carbons (Fsp3) is 0.636. The molecule has 3 rings (SSSR count). The molecule has 0 aromatic heterocycles. The number of amides is 2. The van der Waals surface area contributed by atoms with Crippen molar-refractivity contribution in [2.75, 3.05) is 44.3 Å². The van der Waals surface area contributed by atoms with Gasteiger partial charge in [0.1, 0.15) is 12.1 Å². The van der Waals surface area contributed by atoms with E-state index in [2.05, 4.69) is 4.90 Å². The zero-order chi connectivity index (χ0) is 22.8. The maximum absolute atomic E-state index is 13.6. The number of anilines is 1. The summed E-state index contributed by atoms with van der Waals surface area (Å²) in [7, 11) is -3.37. The van der Waals surface area contributed by atoms with Gasteiger partial charge in [-0.2, -0.15) is 0 Å². The Morgan fingerprint density at radius 2 is 1.68 bits per heavy atom. The molecule has 0 bridgehead atoms. The van der Waals surface area contributed by atoms with Crippen molar-refractivity contribution in [1.29, 1.82) is 0 Å². The van der Waals surface area contributed by atoms with Crippen LogP contribution in [0.5, 0.6) is 0 Å². The Balaban J connectivity index is 1.88. The molecule has 0 saturated carbocycles. The van der Waals surface area contributed by atoms with Gasteiger partial charge < -0.3 is 14.7 Å². The van der Waals surface area contributed by atoms with Gasteiger partial charge in [-0.05, 0) is 52.7 Å². The fourth-order valence-electron chi connectivity index (χ4n) is 4.57. The normalized spacial score (nSPS) is 19.5. The van der Waals surface area contributed by atoms with Gasteiger partial charge in [0.15, 0.2) is 0 Å². The topological polar surface area (TPSA) is 81.2 Å². The summed E-state index contributed by atoms with van der Waals surface area (Å²) in [6.45, 7) is 9.38. The number of para-hydroxylation sites is 1. The lowest BCUT2D eigenvalue weighted by molar-refractivity contribution is -0.140. The monoisotopic (exact) mass is 450 g/mol.